The molecule has 0 radical (unpaired) electrons. The molecule has 1 atom stereocenters. The number of hydrogen-bond acceptors (Lipinski definition) is 2. The van der Waals surface area contributed by atoms with Crippen molar-refractivity contribution in [3.63, 3.8) is 0 Å². The third-order valence-corrected chi connectivity index (χ3v) is 3.07. The van der Waals surface area contributed by atoms with E-state index in [2.05, 4.69) is 51.5 Å². The zero-order valence-corrected chi connectivity index (χ0v) is 9.13. The fourth-order valence-corrected chi connectivity index (χ4v) is 2.29. The molecular formula is C13H15N3. The van der Waals surface area contributed by atoms with Crippen molar-refractivity contribution in [2.45, 2.75) is 19.0 Å². The van der Waals surface area contributed by atoms with E-state index in [9.17, 15) is 0 Å². The van der Waals surface area contributed by atoms with E-state index in [1.54, 1.807) is 0 Å². The van der Waals surface area contributed by atoms with Gasteiger partial charge < -0.3 is 5.32 Å². The number of fused-ring (bicyclic) bond motifs is 1. The number of hydrogen-bond donors (Lipinski definition) is 1. The monoisotopic (exact) mass is 213 g/mol. The highest BCUT2D eigenvalue weighted by Crippen LogP contribution is 2.23. The molecule has 16 heavy (non-hydrogen) atoms. The smallest absolute Gasteiger partial charge is 0.0748 e. The highest BCUT2D eigenvalue weighted by Gasteiger charge is 2.19. The van der Waals surface area contributed by atoms with Crippen LogP contribution in [0.2, 0.25) is 0 Å². The van der Waals surface area contributed by atoms with Gasteiger partial charge in [0, 0.05) is 12.7 Å². The number of nitrogens with zero attached hydrogens (tertiary/aromatic N) is 2. The summed E-state index contributed by atoms with van der Waals surface area (Å²) >= 11 is 0. The summed E-state index contributed by atoms with van der Waals surface area (Å²) in [5.41, 5.74) is 2.58. The molecule has 0 saturated heterocycles. The van der Waals surface area contributed by atoms with Gasteiger partial charge in [0.2, 0.25) is 0 Å². The molecule has 2 aromatic rings. The van der Waals surface area contributed by atoms with Crippen molar-refractivity contribution >= 4 is 0 Å². The second-order valence-electron chi connectivity index (χ2n) is 4.13. The topological polar surface area (TPSA) is 29.9 Å². The third kappa shape index (κ3) is 1.63. The predicted octanol–water partition coefficient (Wildman–Crippen LogP) is 1.97. The Bertz CT molecular complexity index is 461. The molecule has 1 aliphatic rings. The third-order valence-electron chi connectivity index (χ3n) is 3.07. The summed E-state index contributed by atoms with van der Waals surface area (Å²) in [5, 5.41) is 7.95. The van der Waals surface area contributed by atoms with Crippen molar-refractivity contribution in [1.29, 1.82) is 0 Å². The maximum Gasteiger partial charge on any atom is 0.0748 e. The van der Waals surface area contributed by atoms with Gasteiger partial charge in [-0.1, -0.05) is 30.3 Å². The molecule has 0 aliphatic carbocycles. The molecule has 1 aliphatic heterocycles. The molecule has 1 N–H and O–H groups in total. The standard InChI is InChI=1S/C13H15N3/c1-2-5-11(6-3-1)13-12-7-9-15-16(12)10-4-8-14-13/h1-3,5-7,9,13-14H,4,8,10H2. The summed E-state index contributed by atoms with van der Waals surface area (Å²) in [6, 6.07) is 12.9. The molecule has 0 fully saturated rings. The Kier molecular flexibility index (Phi) is 2.46. The summed E-state index contributed by atoms with van der Waals surface area (Å²) in [5.74, 6) is 0. The minimum Gasteiger partial charge on any atom is -0.305 e. The lowest BCUT2D eigenvalue weighted by Crippen LogP contribution is -2.22. The van der Waals surface area contributed by atoms with E-state index in [1.165, 1.54) is 11.3 Å². The largest absolute Gasteiger partial charge is 0.305 e. The Morgan fingerprint density at radius 2 is 2.06 bits per heavy atom. The van der Waals surface area contributed by atoms with Crippen LogP contribution in [0, 0.1) is 0 Å². The van der Waals surface area contributed by atoms with E-state index in [-0.39, 0.29) is 6.04 Å². The van der Waals surface area contributed by atoms with Crippen LogP contribution in [0.15, 0.2) is 42.6 Å². The summed E-state index contributed by atoms with van der Waals surface area (Å²) in [7, 11) is 0. The van der Waals surface area contributed by atoms with Crippen LogP contribution in [0.5, 0.6) is 0 Å². The lowest BCUT2D eigenvalue weighted by Gasteiger charge is -2.16. The molecule has 3 rings (SSSR count). The first kappa shape index (κ1) is 9.60. The SMILES string of the molecule is c1ccc(C2NCCCn3nccc32)cc1. The van der Waals surface area contributed by atoms with Crippen molar-refractivity contribution in [2.24, 2.45) is 0 Å². The Hall–Kier alpha value is -1.61. The van der Waals surface area contributed by atoms with Gasteiger partial charge in [0.15, 0.2) is 0 Å². The minimum atomic E-state index is 0.284. The Balaban J connectivity index is 2.03. The van der Waals surface area contributed by atoms with Gasteiger partial charge in [-0.05, 0) is 24.6 Å². The van der Waals surface area contributed by atoms with Crippen molar-refractivity contribution in [1.82, 2.24) is 15.1 Å². The molecular weight excluding hydrogens is 198 g/mol. The fourth-order valence-electron chi connectivity index (χ4n) is 2.29. The van der Waals surface area contributed by atoms with Crippen LogP contribution in [0.25, 0.3) is 0 Å². The Morgan fingerprint density at radius 3 is 2.94 bits per heavy atom. The first-order chi connectivity index (χ1) is 7.95. The quantitative estimate of drug-likeness (QED) is 0.785. The highest BCUT2D eigenvalue weighted by atomic mass is 15.3. The van der Waals surface area contributed by atoms with Crippen molar-refractivity contribution in [3.8, 4) is 0 Å². The van der Waals surface area contributed by atoms with Crippen LogP contribution in [-0.4, -0.2) is 16.3 Å². The lowest BCUT2D eigenvalue weighted by molar-refractivity contribution is 0.587. The molecule has 0 spiro atoms. The van der Waals surface area contributed by atoms with E-state index in [4.69, 9.17) is 0 Å². The molecule has 1 unspecified atom stereocenters. The van der Waals surface area contributed by atoms with Gasteiger partial charge in [-0.2, -0.15) is 5.10 Å². The first-order valence-electron chi connectivity index (χ1n) is 5.75. The van der Waals surface area contributed by atoms with Crippen molar-refractivity contribution < 1.29 is 0 Å². The average molecular weight is 213 g/mol. The zero-order valence-electron chi connectivity index (χ0n) is 9.13. The molecule has 0 bridgehead atoms. The number of aromatic nitrogens is 2. The summed E-state index contributed by atoms with van der Waals surface area (Å²) in [6.07, 6.45) is 3.02. The summed E-state index contributed by atoms with van der Waals surface area (Å²) in [4.78, 5) is 0. The van der Waals surface area contributed by atoms with Crippen molar-refractivity contribution in [3.05, 3.63) is 53.9 Å². The van der Waals surface area contributed by atoms with Gasteiger partial charge in [-0.3, -0.25) is 4.68 Å². The molecule has 0 amide bonds. The van der Waals surface area contributed by atoms with Crippen molar-refractivity contribution in [2.75, 3.05) is 6.54 Å². The van der Waals surface area contributed by atoms with E-state index >= 15 is 0 Å². The molecule has 82 valence electrons. The molecule has 1 aromatic carbocycles. The number of aryl methyl sites for hydroxylation is 1. The van der Waals surface area contributed by atoms with E-state index < -0.39 is 0 Å². The van der Waals surface area contributed by atoms with E-state index in [0.717, 1.165) is 19.5 Å². The first-order valence-corrected chi connectivity index (χ1v) is 5.75. The Labute approximate surface area is 95.1 Å². The normalized spacial score (nSPS) is 20.1. The highest BCUT2D eigenvalue weighted by molar-refractivity contribution is 5.27. The minimum absolute atomic E-state index is 0.284. The molecule has 3 nitrogen and oxygen atoms in total. The van der Waals surface area contributed by atoms with Crippen LogP contribution < -0.4 is 5.32 Å². The maximum atomic E-state index is 4.37. The number of rotatable bonds is 1. The summed E-state index contributed by atoms with van der Waals surface area (Å²) in [6.45, 7) is 2.06. The second kappa shape index (κ2) is 4.10. The van der Waals surface area contributed by atoms with Gasteiger partial charge in [0.1, 0.15) is 0 Å². The molecule has 0 saturated carbocycles. The van der Waals surface area contributed by atoms with Gasteiger partial charge in [0.05, 0.1) is 11.7 Å². The molecule has 2 heterocycles. The van der Waals surface area contributed by atoms with Crippen LogP contribution in [-0.2, 0) is 6.54 Å². The second-order valence-corrected chi connectivity index (χ2v) is 4.13. The van der Waals surface area contributed by atoms with Crippen LogP contribution >= 0.6 is 0 Å². The summed E-state index contributed by atoms with van der Waals surface area (Å²) < 4.78 is 2.11. The van der Waals surface area contributed by atoms with Gasteiger partial charge in [0.25, 0.3) is 0 Å². The van der Waals surface area contributed by atoms with Crippen LogP contribution in [0.4, 0.5) is 0 Å². The van der Waals surface area contributed by atoms with E-state index in [1.807, 2.05) is 6.20 Å². The molecule has 3 heteroatoms. The van der Waals surface area contributed by atoms with Gasteiger partial charge >= 0.3 is 0 Å². The average Bonchev–Trinajstić information content (AvgIpc) is 2.70. The number of benzene rings is 1. The maximum absolute atomic E-state index is 4.37. The fraction of sp³-hybridized carbons (Fsp3) is 0.308. The van der Waals surface area contributed by atoms with Crippen LogP contribution in [0.3, 0.4) is 0 Å². The Morgan fingerprint density at radius 1 is 1.19 bits per heavy atom. The van der Waals surface area contributed by atoms with Gasteiger partial charge in [-0.25, -0.2) is 0 Å². The molecule has 1 aromatic heterocycles. The lowest BCUT2D eigenvalue weighted by atomic mass is 10.0. The van der Waals surface area contributed by atoms with Gasteiger partial charge in [-0.15, -0.1) is 0 Å². The van der Waals surface area contributed by atoms with E-state index in [0.29, 0.717) is 0 Å². The number of nitrogens with one attached hydrogen (secondary N) is 1. The van der Waals surface area contributed by atoms with Crippen LogP contribution in [0.1, 0.15) is 23.7 Å². The predicted molar refractivity (Wildman–Crippen MR) is 63.1 cm³/mol. The zero-order chi connectivity index (χ0) is 10.8.